The Morgan fingerprint density at radius 2 is 1.50 bits per heavy atom. The fraction of sp³-hybridized carbons (Fsp3) is 0. The van der Waals surface area contributed by atoms with Gasteiger partial charge in [-0.25, -0.2) is 4.79 Å². The molecule has 2 aromatic carbocycles. The summed E-state index contributed by atoms with van der Waals surface area (Å²) in [5.41, 5.74) is -0.0211. The van der Waals surface area contributed by atoms with Crippen molar-refractivity contribution < 1.29 is 9.52 Å². The van der Waals surface area contributed by atoms with Gasteiger partial charge in [0.05, 0.1) is 11.1 Å². The second-order valence-electron chi connectivity index (χ2n) is 4.12. The molecule has 0 bridgehead atoms. The molecule has 5 nitrogen and oxygen atoms in total. The molecular formula is C15H10N2O3. The maximum absolute atomic E-state index is 11.8. The van der Waals surface area contributed by atoms with E-state index < -0.39 is 11.6 Å². The van der Waals surface area contributed by atoms with Crippen LogP contribution in [0.3, 0.4) is 0 Å². The number of azo groups is 1. The van der Waals surface area contributed by atoms with Crippen molar-refractivity contribution in [3.05, 3.63) is 65.0 Å². The first-order valence-electron chi connectivity index (χ1n) is 5.97. The highest BCUT2D eigenvalue weighted by Gasteiger charge is 2.11. The van der Waals surface area contributed by atoms with Crippen molar-refractivity contribution in [2.24, 2.45) is 10.2 Å². The van der Waals surface area contributed by atoms with Crippen molar-refractivity contribution in [1.82, 2.24) is 0 Å². The Kier molecular flexibility index (Phi) is 3.01. The highest BCUT2D eigenvalue weighted by molar-refractivity contribution is 5.94. The van der Waals surface area contributed by atoms with Crippen LogP contribution in [0.25, 0.3) is 10.8 Å². The van der Waals surface area contributed by atoms with Gasteiger partial charge in [0, 0.05) is 5.39 Å². The average molecular weight is 266 g/mol. The number of nitrogens with zero attached hydrogens (tertiary/aromatic N) is 2. The predicted octanol–water partition coefficient (Wildman–Crippen LogP) is 3.91. The van der Waals surface area contributed by atoms with Crippen LogP contribution >= 0.6 is 0 Å². The summed E-state index contributed by atoms with van der Waals surface area (Å²) >= 11 is 0. The molecule has 0 aliphatic rings. The van der Waals surface area contributed by atoms with Crippen LogP contribution in [0.2, 0.25) is 0 Å². The molecule has 98 valence electrons. The zero-order valence-corrected chi connectivity index (χ0v) is 10.4. The van der Waals surface area contributed by atoms with Crippen molar-refractivity contribution in [1.29, 1.82) is 0 Å². The van der Waals surface area contributed by atoms with E-state index in [-0.39, 0.29) is 5.69 Å². The predicted molar refractivity (Wildman–Crippen MR) is 74.8 cm³/mol. The minimum Gasteiger partial charge on any atom is -0.480 e. The lowest BCUT2D eigenvalue weighted by Gasteiger charge is -2.01. The summed E-state index contributed by atoms with van der Waals surface area (Å²) in [6.45, 7) is 0. The van der Waals surface area contributed by atoms with Crippen LogP contribution in [0.15, 0.2) is 74.0 Å². The average Bonchev–Trinajstić information content (AvgIpc) is 2.48. The van der Waals surface area contributed by atoms with Crippen molar-refractivity contribution in [3.63, 3.8) is 0 Å². The van der Waals surface area contributed by atoms with Crippen LogP contribution in [0.1, 0.15) is 0 Å². The molecule has 0 saturated heterocycles. The van der Waals surface area contributed by atoms with Crippen LogP contribution in [-0.4, -0.2) is 5.11 Å². The topological polar surface area (TPSA) is 75.2 Å². The summed E-state index contributed by atoms with van der Waals surface area (Å²) in [6.07, 6.45) is 0. The van der Waals surface area contributed by atoms with Gasteiger partial charge in [-0.05, 0) is 18.2 Å². The smallest absolute Gasteiger partial charge is 0.367 e. The van der Waals surface area contributed by atoms with Gasteiger partial charge in [0.1, 0.15) is 0 Å². The van der Waals surface area contributed by atoms with Crippen molar-refractivity contribution in [2.75, 3.05) is 0 Å². The SMILES string of the molecule is O=c1oc(O)c2ccccc2c1N=Nc1ccccc1. The summed E-state index contributed by atoms with van der Waals surface area (Å²) in [5, 5.41) is 18.5. The van der Waals surface area contributed by atoms with Crippen LogP contribution in [0.4, 0.5) is 11.4 Å². The summed E-state index contributed by atoms with van der Waals surface area (Å²) < 4.78 is 4.76. The van der Waals surface area contributed by atoms with Gasteiger partial charge in [0.2, 0.25) is 0 Å². The Bertz CT molecular complexity index is 839. The van der Waals surface area contributed by atoms with Crippen LogP contribution in [-0.2, 0) is 0 Å². The summed E-state index contributed by atoms with van der Waals surface area (Å²) in [7, 11) is 0. The maximum Gasteiger partial charge on any atom is 0.367 e. The zero-order chi connectivity index (χ0) is 13.9. The van der Waals surface area contributed by atoms with Gasteiger partial charge in [-0.15, -0.1) is 5.11 Å². The lowest BCUT2D eigenvalue weighted by atomic mass is 10.1. The third-order valence-corrected chi connectivity index (χ3v) is 2.82. The van der Waals surface area contributed by atoms with E-state index in [1.807, 2.05) is 18.2 Å². The van der Waals surface area contributed by atoms with Gasteiger partial charge in [0.15, 0.2) is 5.69 Å². The number of hydrogen-bond acceptors (Lipinski definition) is 5. The number of fused-ring (bicyclic) bond motifs is 1. The highest BCUT2D eigenvalue weighted by Crippen LogP contribution is 2.29. The second kappa shape index (κ2) is 4.97. The summed E-state index contributed by atoms with van der Waals surface area (Å²) in [5.74, 6) is -0.413. The van der Waals surface area contributed by atoms with E-state index in [4.69, 9.17) is 4.42 Å². The lowest BCUT2D eigenvalue weighted by molar-refractivity contribution is 0.318. The molecule has 1 aromatic heterocycles. The van der Waals surface area contributed by atoms with E-state index in [0.717, 1.165) is 0 Å². The molecule has 3 aromatic rings. The number of rotatable bonds is 2. The Morgan fingerprint density at radius 1 is 0.850 bits per heavy atom. The third-order valence-electron chi connectivity index (χ3n) is 2.82. The number of aromatic hydroxyl groups is 1. The maximum atomic E-state index is 11.8. The van der Waals surface area contributed by atoms with Crippen LogP contribution in [0.5, 0.6) is 5.95 Å². The molecule has 0 aliphatic heterocycles. The zero-order valence-electron chi connectivity index (χ0n) is 10.4. The van der Waals surface area contributed by atoms with Gasteiger partial charge in [-0.1, -0.05) is 36.4 Å². The molecule has 5 heteroatoms. The molecule has 0 radical (unpaired) electrons. The molecule has 0 fully saturated rings. The first kappa shape index (κ1) is 12.1. The molecule has 3 rings (SSSR count). The monoisotopic (exact) mass is 266 g/mol. The lowest BCUT2D eigenvalue weighted by Crippen LogP contribution is -1.98. The van der Waals surface area contributed by atoms with Crippen LogP contribution in [0, 0.1) is 0 Å². The van der Waals surface area contributed by atoms with Gasteiger partial charge in [0.25, 0.3) is 5.95 Å². The van der Waals surface area contributed by atoms with Crippen molar-refractivity contribution in [3.8, 4) is 5.95 Å². The van der Waals surface area contributed by atoms with E-state index >= 15 is 0 Å². The fourth-order valence-corrected chi connectivity index (χ4v) is 1.87. The Morgan fingerprint density at radius 3 is 2.25 bits per heavy atom. The molecular weight excluding hydrogens is 256 g/mol. The third kappa shape index (κ3) is 2.16. The first-order chi connectivity index (χ1) is 9.75. The molecule has 0 atom stereocenters. The van der Waals surface area contributed by atoms with E-state index in [1.165, 1.54) is 0 Å². The van der Waals surface area contributed by atoms with E-state index in [9.17, 15) is 9.90 Å². The Balaban J connectivity index is 2.17. The Labute approximate surface area is 113 Å². The summed E-state index contributed by atoms with van der Waals surface area (Å²) in [6, 6.07) is 15.9. The molecule has 0 aliphatic carbocycles. The van der Waals surface area contributed by atoms with Crippen molar-refractivity contribution >= 4 is 22.1 Å². The second-order valence-corrected chi connectivity index (χ2v) is 4.12. The van der Waals surface area contributed by atoms with Crippen LogP contribution < -0.4 is 5.63 Å². The van der Waals surface area contributed by atoms with Gasteiger partial charge >= 0.3 is 5.63 Å². The molecule has 0 amide bonds. The van der Waals surface area contributed by atoms with Gasteiger partial charge < -0.3 is 9.52 Å². The quantitative estimate of drug-likeness (QED) is 0.714. The highest BCUT2D eigenvalue weighted by atomic mass is 16.5. The Hall–Kier alpha value is -2.95. The van der Waals surface area contributed by atoms with E-state index in [2.05, 4.69) is 10.2 Å². The van der Waals surface area contributed by atoms with Gasteiger partial charge in [-0.3, -0.25) is 0 Å². The first-order valence-corrected chi connectivity index (χ1v) is 5.97. The number of hydrogen-bond donors (Lipinski definition) is 1. The van der Waals surface area contributed by atoms with Gasteiger partial charge in [-0.2, -0.15) is 5.11 Å². The molecule has 0 saturated carbocycles. The van der Waals surface area contributed by atoms with E-state index in [0.29, 0.717) is 16.5 Å². The molecule has 1 heterocycles. The van der Waals surface area contributed by atoms with Crippen molar-refractivity contribution in [2.45, 2.75) is 0 Å². The molecule has 0 spiro atoms. The minimum absolute atomic E-state index is 0.0715. The molecule has 20 heavy (non-hydrogen) atoms. The molecule has 1 N–H and O–H groups in total. The minimum atomic E-state index is -0.721. The normalized spacial score (nSPS) is 11.2. The fourth-order valence-electron chi connectivity index (χ4n) is 1.87. The number of benzene rings is 2. The molecule has 0 unspecified atom stereocenters. The standard InChI is InChI=1S/C15H10N2O3/c18-14-12-9-5-4-8-11(12)13(15(19)20-14)17-16-10-6-2-1-3-7-10/h1-9,18H. The van der Waals surface area contributed by atoms with E-state index in [1.54, 1.807) is 36.4 Å². The largest absolute Gasteiger partial charge is 0.480 e. The summed E-state index contributed by atoms with van der Waals surface area (Å²) in [4.78, 5) is 11.8.